The number of pyridine rings is 1. The Balaban J connectivity index is 0.00000423. The van der Waals surface area contributed by atoms with E-state index in [4.69, 9.17) is 0 Å². The van der Waals surface area contributed by atoms with Gasteiger partial charge in [0.2, 0.25) is 0 Å². The van der Waals surface area contributed by atoms with Crippen molar-refractivity contribution >= 4 is 35.7 Å². The van der Waals surface area contributed by atoms with Crippen LogP contribution in [0.1, 0.15) is 76.2 Å². The fourth-order valence-corrected chi connectivity index (χ4v) is 5.58. The second-order valence-electron chi connectivity index (χ2n) is 12.0. The highest BCUT2D eigenvalue weighted by Gasteiger charge is 2.28. The monoisotopic (exact) mass is 605 g/mol. The number of nitrogens with one attached hydrogen (secondary N) is 3. The lowest BCUT2D eigenvalue weighted by Crippen LogP contribution is -2.54. The van der Waals surface area contributed by atoms with Crippen LogP contribution in [0.4, 0.5) is 5.69 Å². The van der Waals surface area contributed by atoms with Gasteiger partial charge in [0.15, 0.2) is 5.78 Å². The number of aromatic nitrogens is 1. The third-order valence-electron chi connectivity index (χ3n) is 8.41. The summed E-state index contributed by atoms with van der Waals surface area (Å²) in [7, 11) is 0. The van der Waals surface area contributed by atoms with Crippen LogP contribution in [0.3, 0.4) is 0 Å². The summed E-state index contributed by atoms with van der Waals surface area (Å²) in [6, 6.07) is 14.4. The second-order valence-corrected chi connectivity index (χ2v) is 12.0. The van der Waals surface area contributed by atoms with E-state index >= 15 is 0 Å². The van der Waals surface area contributed by atoms with E-state index in [-0.39, 0.29) is 53.4 Å². The first kappa shape index (κ1) is 32.0. The van der Waals surface area contributed by atoms with Crippen molar-refractivity contribution in [3.8, 4) is 5.75 Å². The van der Waals surface area contributed by atoms with Gasteiger partial charge in [-0.05, 0) is 80.1 Å². The van der Waals surface area contributed by atoms with Gasteiger partial charge < -0.3 is 26.0 Å². The molecule has 2 aromatic carbocycles. The maximum Gasteiger partial charge on any atom is 0.251 e. The Hall–Kier alpha value is -3.95. The van der Waals surface area contributed by atoms with Crippen molar-refractivity contribution in [1.82, 2.24) is 20.9 Å². The molecule has 0 saturated carbocycles. The van der Waals surface area contributed by atoms with E-state index in [9.17, 15) is 19.5 Å². The maximum atomic E-state index is 13.4. The minimum Gasteiger partial charge on any atom is -0.507 e. The van der Waals surface area contributed by atoms with Crippen LogP contribution in [0.5, 0.6) is 5.75 Å². The molecule has 0 bridgehead atoms. The summed E-state index contributed by atoms with van der Waals surface area (Å²) in [4.78, 5) is 45.6. The second kappa shape index (κ2) is 14.0. The highest BCUT2D eigenvalue weighted by molar-refractivity contribution is 6.11. The molecule has 5 rings (SSSR count). The predicted octanol–water partition coefficient (Wildman–Crippen LogP) is 4.35. The SMILES string of the molecule is CC1(C)CCN(c2ccc(O)c(C(=O)c3ccc(C(=O)N[C@@H]4CCCNC[C@H]4NC(=O)c4ccncc4)cc3)c2)CC1.Cl. The van der Waals surface area contributed by atoms with Crippen LogP contribution in [0.25, 0.3) is 0 Å². The Bertz CT molecular complexity index is 1420. The molecule has 0 spiro atoms. The van der Waals surface area contributed by atoms with Crippen molar-refractivity contribution in [3.63, 3.8) is 0 Å². The summed E-state index contributed by atoms with van der Waals surface area (Å²) in [5, 5.41) is 20.0. The molecule has 3 aromatic rings. The Kier molecular flexibility index (Phi) is 10.4. The molecule has 0 aliphatic carbocycles. The van der Waals surface area contributed by atoms with Crippen LogP contribution in [-0.4, -0.2) is 66.0 Å². The zero-order valence-electron chi connectivity index (χ0n) is 24.6. The van der Waals surface area contributed by atoms with E-state index in [0.717, 1.165) is 44.6 Å². The third kappa shape index (κ3) is 7.91. The zero-order valence-corrected chi connectivity index (χ0v) is 25.5. The molecule has 10 heteroatoms. The van der Waals surface area contributed by atoms with Crippen LogP contribution in [0.15, 0.2) is 67.0 Å². The number of carbonyl (C=O) groups excluding carboxylic acids is 3. The highest BCUT2D eigenvalue weighted by Crippen LogP contribution is 2.34. The molecule has 2 saturated heterocycles. The van der Waals surface area contributed by atoms with Gasteiger partial charge in [-0.2, -0.15) is 0 Å². The molecule has 2 aliphatic rings. The normalized spacial score (nSPS) is 19.8. The van der Waals surface area contributed by atoms with E-state index in [1.54, 1.807) is 60.9 Å². The molecule has 3 heterocycles. The van der Waals surface area contributed by atoms with Crippen molar-refractivity contribution in [2.24, 2.45) is 5.41 Å². The van der Waals surface area contributed by atoms with Crippen LogP contribution in [0, 0.1) is 5.41 Å². The molecule has 4 N–H and O–H groups in total. The van der Waals surface area contributed by atoms with Crippen molar-refractivity contribution in [2.45, 2.75) is 51.6 Å². The molecule has 2 fully saturated rings. The number of hydrogen-bond donors (Lipinski definition) is 4. The molecule has 9 nitrogen and oxygen atoms in total. The van der Waals surface area contributed by atoms with Gasteiger partial charge in [0.1, 0.15) is 5.75 Å². The first-order valence-electron chi connectivity index (χ1n) is 14.7. The number of piperidine rings is 1. The number of carbonyl (C=O) groups is 3. The first-order chi connectivity index (χ1) is 20.2. The van der Waals surface area contributed by atoms with Crippen molar-refractivity contribution < 1.29 is 19.5 Å². The van der Waals surface area contributed by atoms with Crippen molar-refractivity contribution in [3.05, 3.63) is 89.2 Å². The minimum absolute atomic E-state index is 0. The van der Waals surface area contributed by atoms with Gasteiger partial charge in [0, 0.05) is 54.4 Å². The number of ketones is 1. The fraction of sp³-hybridized carbons (Fsp3) is 0.394. The summed E-state index contributed by atoms with van der Waals surface area (Å²) in [6.45, 7) is 7.69. The number of phenolic OH excluding ortho intramolecular Hbond substituents is 1. The number of amides is 2. The topological polar surface area (TPSA) is 124 Å². The molecule has 0 radical (unpaired) electrons. The number of hydrogen-bond acceptors (Lipinski definition) is 7. The van der Waals surface area contributed by atoms with E-state index in [1.165, 1.54) is 0 Å². The Morgan fingerprint density at radius 2 is 1.49 bits per heavy atom. The summed E-state index contributed by atoms with van der Waals surface area (Å²) >= 11 is 0. The number of benzene rings is 2. The molecule has 228 valence electrons. The van der Waals surface area contributed by atoms with Gasteiger partial charge in [-0.3, -0.25) is 19.4 Å². The van der Waals surface area contributed by atoms with Gasteiger partial charge in [-0.1, -0.05) is 26.0 Å². The standard InChI is InChI=1S/C33H39N5O4.ClH/c1-33(2)13-18-38(19-14-33)25-9-10-29(39)26(20-25)30(40)22-5-7-23(8-6-22)31(41)36-27-4-3-15-35-21-28(27)37-32(42)24-11-16-34-17-12-24;/h5-12,16-17,20,27-28,35,39H,3-4,13-15,18-19,21H2,1-2H3,(H,36,41)(H,37,42);1H/t27-,28-;/m1./s1. The van der Waals surface area contributed by atoms with Crippen molar-refractivity contribution in [2.75, 3.05) is 31.1 Å². The summed E-state index contributed by atoms with van der Waals surface area (Å²) in [6.07, 6.45) is 6.84. The number of aromatic hydroxyl groups is 1. The Morgan fingerprint density at radius 3 is 2.16 bits per heavy atom. The molecule has 2 atom stereocenters. The average Bonchev–Trinajstić information content (AvgIpc) is 3.22. The summed E-state index contributed by atoms with van der Waals surface area (Å²) < 4.78 is 0. The molecule has 2 amide bonds. The predicted molar refractivity (Wildman–Crippen MR) is 169 cm³/mol. The lowest BCUT2D eigenvalue weighted by molar-refractivity contribution is 0.0882. The highest BCUT2D eigenvalue weighted by atomic mass is 35.5. The number of anilines is 1. The average molecular weight is 606 g/mol. The zero-order chi connectivity index (χ0) is 29.7. The molecule has 0 unspecified atom stereocenters. The Morgan fingerprint density at radius 1 is 0.884 bits per heavy atom. The number of halogens is 1. The van der Waals surface area contributed by atoms with Crippen LogP contribution in [-0.2, 0) is 0 Å². The van der Waals surface area contributed by atoms with Crippen LogP contribution < -0.4 is 20.9 Å². The molecule has 1 aromatic heterocycles. The molecular formula is C33H40ClN5O4. The van der Waals surface area contributed by atoms with Gasteiger partial charge in [0.05, 0.1) is 17.6 Å². The lowest BCUT2D eigenvalue weighted by Gasteiger charge is -2.38. The molecule has 43 heavy (non-hydrogen) atoms. The molecular weight excluding hydrogens is 566 g/mol. The van der Waals surface area contributed by atoms with Gasteiger partial charge >= 0.3 is 0 Å². The van der Waals surface area contributed by atoms with E-state index in [0.29, 0.717) is 35.1 Å². The quantitative estimate of drug-likeness (QED) is 0.295. The first-order valence-corrected chi connectivity index (χ1v) is 14.7. The number of nitrogens with zero attached hydrogens (tertiary/aromatic N) is 2. The van der Waals surface area contributed by atoms with E-state index in [2.05, 4.69) is 39.7 Å². The van der Waals surface area contributed by atoms with Gasteiger partial charge in [-0.25, -0.2) is 0 Å². The van der Waals surface area contributed by atoms with E-state index < -0.39 is 0 Å². The lowest BCUT2D eigenvalue weighted by atomic mass is 9.82. The largest absolute Gasteiger partial charge is 0.507 e. The van der Waals surface area contributed by atoms with Gasteiger partial charge in [-0.15, -0.1) is 12.4 Å². The smallest absolute Gasteiger partial charge is 0.251 e. The third-order valence-corrected chi connectivity index (χ3v) is 8.41. The van der Waals surface area contributed by atoms with Crippen LogP contribution >= 0.6 is 12.4 Å². The number of rotatable bonds is 7. The number of phenols is 1. The molecule has 2 aliphatic heterocycles. The summed E-state index contributed by atoms with van der Waals surface area (Å²) in [5.41, 5.74) is 2.79. The minimum atomic E-state index is -0.299. The maximum absolute atomic E-state index is 13.4. The fourth-order valence-electron chi connectivity index (χ4n) is 5.58. The van der Waals surface area contributed by atoms with Crippen molar-refractivity contribution in [1.29, 1.82) is 0 Å². The van der Waals surface area contributed by atoms with Gasteiger partial charge in [0.25, 0.3) is 11.8 Å². The Labute approximate surface area is 258 Å². The summed E-state index contributed by atoms with van der Waals surface area (Å²) in [5.74, 6) is -0.858. The van der Waals surface area contributed by atoms with E-state index in [1.807, 2.05) is 6.07 Å². The van der Waals surface area contributed by atoms with Crippen LogP contribution in [0.2, 0.25) is 0 Å².